The van der Waals surface area contributed by atoms with Gasteiger partial charge in [0.15, 0.2) is 0 Å². The van der Waals surface area contributed by atoms with Gasteiger partial charge in [0.1, 0.15) is 6.04 Å². The van der Waals surface area contributed by atoms with Crippen LogP contribution in [0.5, 0.6) is 0 Å². The smallest absolute Gasteiger partial charge is 0.327 e. The van der Waals surface area contributed by atoms with E-state index in [1.165, 1.54) is 13.5 Å². The van der Waals surface area contributed by atoms with Crippen LogP contribution in [0.3, 0.4) is 0 Å². The number of hydrogen-bond acceptors (Lipinski definition) is 6. The first-order chi connectivity index (χ1) is 8.70. The molecule has 0 aliphatic heterocycles. The van der Waals surface area contributed by atoms with Gasteiger partial charge in [-0.3, -0.25) is 0 Å². The molecule has 0 aliphatic rings. The van der Waals surface area contributed by atoms with Crippen molar-refractivity contribution in [1.29, 1.82) is 0 Å². The highest BCUT2D eigenvalue weighted by atomic mass is 16.5. The molecule has 1 N–H and O–H groups in total. The maximum Gasteiger partial charge on any atom is 0.327 e. The SMILES string of the molecule is COC(=O)C(C)Nc1ccc(-c2nnco2)cc1. The molecule has 1 aromatic carbocycles. The molecule has 0 fully saturated rings. The summed E-state index contributed by atoms with van der Waals surface area (Å²) < 4.78 is 9.71. The lowest BCUT2D eigenvalue weighted by Gasteiger charge is -2.12. The average Bonchev–Trinajstić information content (AvgIpc) is 2.92. The van der Waals surface area contributed by atoms with E-state index in [2.05, 4.69) is 20.3 Å². The number of carbonyl (C=O) groups excluding carboxylic acids is 1. The molecule has 18 heavy (non-hydrogen) atoms. The van der Waals surface area contributed by atoms with Gasteiger partial charge in [-0.05, 0) is 31.2 Å². The molecule has 94 valence electrons. The fraction of sp³-hybridized carbons (Fsp3) is 0.250. The van der Waals surface area contributed by atoms with Crippen LogP contribution >= 0.6 is 0 Å². The van der Waals surface area contributed by atoms with Crippen molar-refractivity contribution in [3.05, 3.63) is 30.7 Å². The van der Waals surface area contributed by atoms with Crippen LogP contribution in [0.4, 0.5) is 5.69 Å². The summed E-state index contributed by atoms with van der Waals surface area (Å²) in [5, 5.41) is 10.4. The fourth-order valence-electron chi connectivity index (χ4n) is 1.49. The van der Waals surface area contributed by atoms with Gasteiger partial charge in [-0.15, -0.1) is 10.2 Å². The van der Waals surface area contributed by atoms with Gasteiger partial charge >= 0.3 is 5.97 Å². The second-order valence-electron chi connectivity index (χ2n) is 3.71. The third-order valence-electron chi connectivity index (χ3n) is 2.43. The Labute approximate surface area is 104 Å². The number of ether oxygens (including phenoxy) is 1. The van der Waals surface area contributed by atoms with E-state index in [1.807, 2.05) is 24.3 Å². The first-order valence-corrected chi connectivity index (χ1v) is 5.41. The molecular weight excluding hydrogens is 234 g/mol. The van der Waals surface area contributed by atoms with E-state index in [0.29, 0.717) is 5.89 Å². The molecule has 0 amide bonds. The highest BCUT2D eigenvalue weighted by Crippen LogP contribution is 2.19. The van der Waals surface area contributed by atoms with Gasteiger partial charge in [0.05, 0.1) is 7.11 Å². The van der Waals surface area contributed by atoms with Gasteiger partial charge in [-0.2, -0.15) is 0 Å². The van der Waals surface area contributed by atoms with E-state index >= 15 is 0 Å². The number of hydrogen-bond donors (Lipinski definition) is 1. The van der Waals surface area contributed by atoms with Crippen molar-refractivity contribution >= 4 is 11.7 Å². The van der Waals surface area contributed by atoms with E-state index in [9.17, 15) is 4.79 Å². The zero-order valence-electron chi connectivity index (χ0n) is 10.1. The van der Waals surface area contributed by atoms with Crippen LogP contribution in [0, 0.1) is 0 Å². The molecule has 1 heterocycles. The fourth-order valence-corrected chi connectivity index (χ4v) is 1.49. The first kappa shape index (κ1) is 12.1. The van der Waals surface area contributed by atoms with Crippen LogP contribution in [0.25, 0.3) is 11.5 Å². The number of nitrogens with zero attached hydrogens (tertiary/aromatic N) is 2. The molecule has 6 heteroatoms. The van der Waals surface area contributed by atoms with Gasteiger partial charge < -0.3 is 14.5 Å². The Morgan fingerprint density at radius 1 is 1.39 bits per heavy atom. The van der Waals surface area contributed by atoms with Gasteiger partial charge in [-0.25, -0.2) is 4.79 Å². The van der Waals surface area contributed by atoms with E-state index in [-0.39, 0.29) is 5.97 Å². The molecule has 1 unspecified atom stereocenters. The number of esters is 1. The van der Waals surface area contributed by atoms with Crippen molar-refractivity contribution in [3.63, 3.8) is 0 Å². The van der Waals surface area contributed by atoms with Crippen molar-refractivity contribution in [2.75, 3.05) is 12.4 Å². The molecule has 0 bridgehead atoms. The van der Waals surface area contributed by atoms with E-state index < -0.39 is 6.04 Å². The van der Waals surface area contributed by atoms with E-state index in [4.69, 9.17) is 4.42 Å². The van der Waals surface area contributed by atoms with Crippen LogP contribution in [-0.4, -0.2) is 29.3 Å². The third kappa shape index (κ3) is 2.65. The van der Waals surface area contributed by atoms with Gasteiger partial charge in [0, 0.05) is 11.3 Å². The maximum atomic E-state index is 11.3. The lowest BCUT2D eigenvalue weighted by atomic mass is 10.2. The van der Waals surface area contributed by atoms with Crippen molar-refractivity contribution in [2.45, 2.75) is 13.0 Å². The molecule has 0 aliphatic carbocycles. The highest BCUT2D eigenvalue weighted by molar-refractivity contribution is 5.78. The number of benzene rings is 1. The minimum Gasteiger partial charge on any atom is -0.467 e. The topological polar surface area (TPSA) is 77.2 Å². The Kier molecular flexibility index (Phi) is 3.57. The van der Waals surface area contributed by atoms with E-state index in [1.54, 1.807) is 6.92 Å². The van der Waals surface area contributed by atoms with Crippen LogP contribution < -0.4 is 5.32 Å². The standard InChI is InChI=1S/C12H13N3O3/c1-8(12(16)17-2)14-10-5-3-9(4-6-10)11-15-13-7-18-11/h3-8,14H,1-2H3. The molecule has 0 radical (unpaired) electrons. The molecule has 1 atom stereocenters. The number of rotatable bonds is 4. The van der Waals surface area contributed by atoms with Gasteiger partial charge in [0.25, 0.3) is 0 Å². The summed E-state index contributed by atoms with van der Waals surface area (Å²) in [4.78, 5) is 11.3. The predicted octanol–water partition coefficient (Wildman–Crippen LogP) is 1.71. The summed E-state index contributed by atoms with van der Waals surface area (Å²) >= 11 is 0. The second-order valence-corrected chi connectivity index (χ2v) is 3.71. The molecular formula is C12H13N3O3. The highest BCUT2D eigenvalue weighted by Gasteiger charge is 2.12. The molecule has 6 nitrogen and oxygen atoms in total. The molecule has 0 saturated heterocycles. The number of methoxy groups -OCH3 is 1. The molecule has 0 saturated carbocycles. The Hall–Kier alpha value is -2.37. The van der Waals surface area contributed by atoms with Crippen LogP contribution in [0.2, 0.25) is 0 Å². The largest absolute Gasteiger partial charge is 0.467 e. The minimum absolute atomic E-state index is 0.309. The summed E-state index contributed by atoms with van der Waals surface area (Å²) in [6.07, 6.45) is 1.28. The normalized spacial score (nSPS) is 11.9. The number of anilines is 1. The summed E-state index contributed by atoms with van der Waals surface area (Å²) in [5.41, 5.74) is 1.64. The zero-order chi connectivity index (χ0) is 13.0. The Morgan fingerprint density at radius 3 is 2.67 bits per heavy atom. The van der Waals surface area contributed by atoms with Crippen LogP contribution in [0.1, 0.15) is 6.92 Å². The molecule has 0 spiro atoms. The summed E-state index contributed by atoms with van der Waals surface area (Å²) in [5.74, 6) is 0.151. The number of nitrogens with one attached hydrogen (secondary N) is 1. The predicted molar refractivity (Wildman–Crippen MR) is 64.8 cm³/mol. The zero-order valence-corrected chi connectivity index (χ0v) is 10.1. The van der Waals surface area contributed by atoms with Crippen LogP contribution in [-0.2, 0) is 9.53 Å². The van der Waals surface area contributed by atoms with Crippen molar-refractivity contribution in [2.24, 2.45) is 0 Å². The Morgan fingerprint density at radius 2 is 2.11 bits per heavy atom. The molecule has 2 aromatic rings. The van der Waals surface area contributed by atoms with Gasteiger partial charge in [0.2, 0.25) is 12.3 Å². The quantitative estimate of drug-likeness (QED) is 0.829. The van der Waals surface area contributed by atoms with Crippen molar-refractivity contribution in [1.82, 2.24) is 10.2 Å². The first-order valence-electron chi connectivity index (χ1n) is 5.41. The van der Waals surface area contributed by atoms with Crippen LogP contribution in [0.15, 0.2) is 35.1 Å². The second kappa shape index (κ2) is 5.31. The Bertz CT molecular complexity index is 508. The molecule has 1 aromatic heterocycles. The van der Waals surface area contributed by atoms with Crippen molar-refractivity contribution < 1.29 is 13.9 Å². The van der Waals surface area contributed by atoms with E-state index in [0.717, 1.165) is 11.3 Å². The molecule has 2 rings (SSSR count). The summed E-state index contributed by atoms with van der Waals surface area (Å²) in [6.45, 7) is 1.73. The number of carbonyl (C=O) groups is 1. The Balaban J connectivity index is 2.06. The number of aromatic nitrogens is 2. The maximum absolute atomic E-state index is 11.3. The monoisotopic (exact) mass is 247 g/mol. The van der Waals surface area contributed by atoms with Crippen molar-refractivity contribution in [3.8, 4) is 11.5 Å². The summed E-state index contributed by atoms with van der Waals surface area (Å²) in [6, 6.07) is 6.93. The third-order valence-corrected chi connectivity index (χ3v) is 2.43. The summed E-state index contributed by atoms with van der Waals surface area (Å²) in [7, 11) is 1.36. The average molecular weight is 247 g/mol. The van der Waals surface area contributed by atoms with Gasteiger partial charge in [-0.1, -0.05) is 0 Å². The lowest BCUT2D eigenvalue weighted by molar-refractivity contribution is -0.141. The minimum atomic E-state index is -0.399. The lowest BCUT2D eigenvalue weighted by Crippen LogP contribution is -2.27.